The van der Waals surface area contributed by atoms with Gasteiger partial charge in [-0.05, 0) is 20.8 Å². The van der Waals surface area contributed by atoms with Crippen LogP contribution in [0.1, 0.15) is 20.8 Å². The minimum Gasteiger partial charge on any atom is -0.365 e. The quantitative estimate of drug-likeness (QED) is 0.414. The summed E-state index contributed by atoms with van der Waals surface area (Å²) in [5.74, 6) is 0. The lowest BCUT2D eigenvalue weighted by Gasteiger charge is -2.06. The third-order valence-electron chi connectivity index (χ3n) is 1.61. The zero-order valence-electron chi connectivity index (χ0n) is 7.70. The summed E-state index contributed by atoms with van der Waals surface area (Å²) in [4.78, 5) is 4.07. The largest absolute Gasteiger partial charge is 0.365 e. The van der Waals surface area contributed by atoms with Gasteiger partial charge in [-0.1, -0.05) is 0 Å². The Balaban J connectivity index is 4.57. The molecule has 0 amide bonds. The molecule has 4 nitrogen and oxygen atoms in total. The number of nitrogens with zero attached hydrogens (tertiary/aromatic N) is 1. The van der Waals surface area contributed by atoms with E-state index in [1.807, 2.05) is 0 Å². The topological polar surface area (TPSA) is 78.8 Å². The van der Waals surface area contributed by atoms with E-state index in [1.54, 1.807) is 20.8 Å². The normalized spacial score (nSPS) is 15.1. The fraction of sp³-hybridized carbons (Fsp3) is 0.625. The van der Waals surface area contributed by atoms with Crippen molar-refractivity contribution in [1.29, 1.82) is 0 Å². The molecule has 4 heteroatoms. The lowest BCUT2D eigenvalue weighted by molar-refractivity contribution is -0.00844. The molecule has 70 valence electrons. The molecule has 0 heterocycles. The number of allylic oxidation sites excluding steroid dienone is 1. The summed E-state index contributed by atoms with van der Waals surface area (Å²) in [6.07, 6.45) is -1.43. The Hall–Kier alpha value is -0.710. The van der Waals surface area contributed by atoms with Crippen LogP contribution >= 0.6 is 0 Å². The summed E-state index contributed by atoms with van der Waals surface area (Å²) in [5.41, 5.74) is 7.14. The zero-order chi connectivity index (χ0) is 9.72. The highest BCUT2D eigenvalue weighted by Crippen LogP contribution is 2.07. The lowest BCUT2D eigenvalue weighted by atomic mass is 10.2. The average Bonchev–Trinajstić information content (AvgIpc) is 2.02. The second-order valence-electron chi connectivity index (χ2n) is 2.69. The van der Waals surface area contributed by atoms with E-state index in [-0.39, 0.29) is 0 Å². The maximum absolute atomic E-state index is 8.77. The summed E-state index contributed by atoms with van der Waals surface area (Å²) >= 11 is 0. The Bertz CT molecular complexity index is 207. The molecule has 0 radical (unpaired) electrons. The van der Waals surface area contributed by atoms with Crippen LogP contribution in [0.3, 0.4) is 0 Å². The molecule has 0 saturated heterocycles. The summed E-state index contributed by atoms with van der Waals surface area (Å²) in [5, 5.41) is 17.5. The van der Waals surface area contributed by atoms with Crippen molar-refractivity contribution in [1.82, 2.24) is 0 Å². The smallest absolute Gasteiger partial charge is 0.176 e. The van der Waals surface area contributed by atoms with Crippen LogP contribution in [0, 0.1) is 0 Å². The van der Waals surface area contributed by atoms with Gasteiger partial charge in [-0.3, -0.25) is 4.99 Å². The minimum atomic E-state index is -1.43. The van der Waals surface area contributed by atoms with Gasteiger partial charge in [0.15, 0.2) is 6.29 Å². The Morgan fingerprint density at radius 1 is 1.33 bits per heavy atom. The van der Waals surface area contributed by atoms with Gasteiger partial charge >= 0.3 is 0 Å². The van der Waals surface area contributed by atoms with Crippen LogP contribution in [0.15, 0.2) is 16.3 Å². The number of hydrogen-bond donors (Lipinski definition) is 3. The molecule has 4 N–H and O–H groups in total. The minimum absolute atomic E-state index is 0.381. The Labute approximate surface area is 72.4 Å². The van der Waals surface area contributed by atoms with Gasteiger partial charge in [0.25, 0.3) is 0 Å². The van der Waals surface area contributed by atoms with Gasteiger partial charge in [0.2, 0.25) is 0 Å². The molecule has 0 atom stereocenters. The number of aliphatic hydroxyl groups excluding tert-OH is 1. The second kappa shape index (κ2) is 5.03. The first-order chi connectivity index (χ1) is 5.49. The molecule has 0 spiro atoms. The molecule has 0 aliphatic carbocycles. The van der Waals surface area contributed by atoms with Gasteiger partial charge in [0.1, 0.15) is 0 Å². The maximum Gasteiger partial charge on any atom is 0.176 e. The van der Waals surface area contributed by atoms with E-state index in [1.165, 1.54) is 0 Å². The number of nitrogens with two attached hydrogens (primary N) is 1. The number of hydrogen-bond acceptors (Lipinski definition) is 4. The predicted octanol–water partition coefficient (Wildman–Crippen LogP) is 0.0106. The molecule has 0 aromatic carbocycles. The fourth-order valence-electron chi connectivity index (χ4n) is 0.607. The SMILES string of the molecule is C/C(CN)=N\C(C)=C(/C)C(O)O. The molecular weight excluding hydrogens is 156 g/mol. The highest BCUT2D eigenvalue weighted by molar-refractivity contribution is 5.84. The Kier molecular flexibility index (Phi) is 4.73. The molecule has 0 unspecified atom stereocenters. The lowest BCUT2D eigenvalue weighted by Crippen LogP contribution is -2.11. The van der Waals surface area contributed by atoms with E-state index in [2.05, 4.69) is 4.99 Å². The average molecular weight is 172 g/mol. The number of rotatable bonds is 3. The summed E-state index contributed by atoms with van der Waals surface area (Å²) in [6, 6.07) is 0. The number of aliphatic imine (C=N–C) groups is 1. The van der Waals surface area contributed by atoms with Gasteiger partial charge in [0.05, 0.1) is 0 Å². The van der Waals surface area contributed by atoms with Crippen LogP contribution in [0.25, 0.3) is 0 Å². The van der Waals surface area contributed by atoms with Crippen LogP contribution in [0.5, 0.6) is 0 Å². The molecule has 0 bridgehead atoms. The third kappa shape index (κ3) is 3.61. The monoisotopic (exact) mass is 172 g/mol. The van der Waals surface area contributed by atoms with Crippen molar-refractivity contribution in [2.45, 2.75) is 27.1 Å². The fourth-order valence-corrected chi connectivity index (χ4v) is 0.607. The van der Waals surface area contributed by atoms with Crippen LogP contribution in [0.4, 0.5) is 0 Å². The van der Waals surface area contributed by atoms with Crippen molar-refractivity contribution in [3.8, 4) is 0 Å². The van der Waals surface area contributed by atoms with Gasteiger partial charge in [0, 0.05) is 23.5 Å². The molecule has 0 fully saturated rings. The highest BCUT2D eigenvalue weighted by atomic mass is 16.5. The number of aliphatic hydroxyl groups is 2. The molecule has 0 saturated carbocycles. The summed E-state index contributed by atoms with van der Waals surface area (Å²) in [6.45, 7) is 5.51. The molecule has 0 aromatic rings. The van der Waals surface area contributed by atoms with Crippen molar-refractivity contribution >= 4 is 5.71 Å². The molecular formula is C8H16N2O2. The van der Waals surface area contributed by atoms with Gasteiger partial charge < -0.3 is 15.9 Å². The second-order valence-corrected chi connectivity index (χ2v) is 2.69. The van der Waals surface area contributed by atoms with E-state index in [9.17, 15) is 0 Å². The molecule has 0 aromatic heterocycles. The van der Waals surface area contributed by atoms with E-state index in [0.717, 1.165) is 5.71 Å². The van der Waals surface area contributed by atoms with Crippen molar-refractivity contribution < 1.29 is 10.2 Å². The zero-order valence-corrected chi connectivity index (χ0v) is 7.70. The van der Waals surface area contributed by atoms with E-state index in [0.29, 0.717) is 17.8 Å². The molecule has 0 aliphatic heterocycles. The van der Waals surface area contributed by atoms with Crippen LogP contribution in [-0.4, -0.2) is 28.8 Å². The first kappa shape index (κ1) is 11.3. The maximum atomic E-state index is 8.77. The van der Waals surface area contributed by atoms with Crippen molar-refractivity contribution in [2.24, 2.45) is 10.7 Å². The molecule has 0 rings (SSSR count). The van der Waals surface area contributed by atoms with Crippen LogP contribution in [0.2, 0.25) is 0 Å². The van der Waals surface area contributed by atoms with Gasteiger partial charge in [-0.2, -0.15) is 0 Å². The summed E-state index contributed by atoms with van der Waals surface area (Å²) in [7, 11) is 0. The molecule has 0 aliphatic rings. The molecule has 12 heavy (non-hydrogen) atoms. The Morgan fingerprint density at radius 3 is 2.17 bits per heavy atom. The van der Waals surface area contributed by atoms with Crippen molar-refractivity contribution in [3.05, 3.63) is 11.3 Å². The Morgan fingerprint density at radius 2 is 1.83 bits per heavy atom. The highest BCUT2D eigenvalue weighted by Gasteiger charge is 2.03. The van der Waals surface area contributed by atoms with E-state index >= 15 is 0 Å². The first-order valence-electron chi connectivity index (χ1n) is 3.76. The van der Waals surface area contributed by atoms with Crippen LogP contribution < -0.4 is 5.73 Å². The van der Waals surface area contributed by atoms with E-state index in [4.69, 9.17) is 15.9 Å². The first-order valence-corrected chi connectivity index (χ1v) is 3.76. The summed E-state index contributed by atoms with van der Waals surface area (Å²) < 4.78 is 0. The van der Waals surface area contributed by atoms with Gasteiger partial charge in [-0.15, -0.1) is 0 Å². The predicted molar refractivity (Wildman–Crippen MR) is 48.8 cm³/mol. The van der Waals surface area contributed by atoms with Crippen molar-refractivity contribution in [3.63, 3.8) is 0 Å². The van der Waals surface area contributed by atoms with Crippen molar-refractivity contribution in [2.75, 3.05) is 6.54 Å². The van der Waals surface area contributed by atoms with E-state index < -0.39 is 6.29 Å². The third-order valence-corrected chi connectivity index (χ3v) is 1.61. The van der Waals surface area contributed by atoms with Crippen LogP contribution in [-0.2, 0) is 0 Å². The van der Waals surface area contributed by atoms with Gasteiger partial charge in [-0.25, -0.2) is 0 Å². The standard InChI is InChI=1S/C8H16N2O2/c1-5(4-9)10-7(3)6(2)8(11)12/h8,11-12H,4,9H2,1-3H3/b7-6+,10-5+.